The number of anilines is 1. The van der Waals surface area contributed by atoms with E-state index >= 15 is 0 Å². The van der Waals surface area contributed by atoms with Crippen LogP contribution >= 0.6 is 15.9 Å². The SMILES string of the molecule is CN(C)Cc1cc(NC(=O)COCc2cccc(Br)c2)ccc1S(=O)(=O)C1CC1. The van der Waals surface area contributed by atoms with Gasteiger partial charge in [-0.25, -0.2) is 8.42 Å². The van der Waals surface area contributed by atoms with Crippen molar-refractivity contribution in [1.29, 1.82) is 0 Å². The van der Waals surface area contributed by atoms with E-state index in [-0.39, 0.29) is 17.8 Å². The molecule has 3 rings (SSSR count). The molecule has 1 aliphatic rings. The summed E-state index contributed by atoms with van der Waals surface area (Å²) < 4.78 is 31.8. The van der Waals surface area contributed by atoms with Crippen LogP contribution in [0, 0.1) is 0 Å². The average molecular weight is 481 g/mol. The maximum Gasteiger partial charge on any atom is 0.250 e. The number of carbonyl (C=O) groups excluding carboxylic acids is 1. The van der Waals surface area contributed by atoms with Gasteiger partial charge in [0.15, 0.2) is 9.84 Å². The lowest BCUT2D eigenvalue weighted by Crippen LogP contribution is -2.20. The summed E-state index contributed by atoms with van der Waals surface area (Å²) in [6.07, 6.45) is 1.44. The summed E-state index contributed by atoms with van der Waals surface area (Å²) in [4.78, 5) is 14.5. The first-order valence-electron chi connectivity index (χ1n) is 9.39. The van der Waals surface area contributed by atoms with Gasteiger partial charge in [0, 0.05) is 16.7 Å². The molecule has 0 unspecified atom stereocenters. The fourth-order valence-corrected chi connectivity index (χ4v) is 5.35. The Morgan fingerprint density at radius 2 is 1.97 bits per heavy atom. The lowest BCUT2D eigenvalue weighted by Gasteiger charge is -2.16. The zero-order valence-electron chi connectivity index (χ0n) is 16.5. The number of benzene rings is 2. The maximum atomic E-state index is 12.7. The number of halogens is 1. The minimum absolute atomic E-state index is 0.0857. The van der Waals surface area contributed by atoms with E-state index < -0.39 is 9.84 Å². The molecule has 1 fully saturated rings. The van der Waals surface area contributed by atoms with Gasteiger partial charge in [-0.1, -0.05) is 28.1 Å². The number of ether oxygens (including phenoxy) is 1. The third-order valence-corrected chi connectivity index (χ3v) is 7.35. The van der Waals surface area contributed by atoms with Crippen molar-refractivity contribution in [2.24, 2.45) is 0 Å². The molecule has 0 radical (unpaired) electrons. The van der Waals surface area contributed by atoms with Crippen LogP contribution in [-0.4, -0.2) is 45.2 Å². The Kier molecular flexibility index (Phi) is 7.10. The van der Waals surface area contributed by atoms with Crippen LogP contribution in [0.3, 0.4) is 0 Å². The van der Waals surface area contributed by atoms with Crippen LogP contribution in [0.2, 0.25) is 0 Å². The average Bonchev–Trinajstić information content (AvgIpc) is 3.47. The molecule has 1 aliphatic carbocycles. The lowest BCUT2D eigenvalue weighted by atomic mass is 10.2. The second kappa shape index (κ2) is 9.38. The van der Waals surface area contributed by atoms with Crippen LogP contribution in [0.5, 0.6) is 0 Å². The second-order valence-corrected chi connectivity index (χ2v) is 10.6. The highest BCUT2D eigenvalue weighted by molar-refractivity contribution is 9.10. The largest absolute Gasteiger partial charge is 0.367 e. The van der Waals surface area contributed by atoms with E-state index in [1.807, 2.05) is 43.3 Å². The van der Waals surface area contributed by atoms with Gasteiger partial charge in [0.1, 0.15) is 6.61 Å². The molecular formula is C21H25BrN2O4S. The van der Waals surface area contributed by atoms with Crippen molar-refractivity contribution in [2.75, 3.05) is 26.0 Å². The number of sulfone groups is 1. The van der Waals surface area contributed by atoms with Gasteiger partial charge in [0.05, 0.1) is 16.8 Å². The molecule has 2 aromatic carbocycles. The highest BCUT2D eigenvalue weighted by Gasteiger charge is 2.38. The van der Waals surface area contributed by atoms with Gasteiger partial charge >= 0.3 is 0 Å². The van der Waals surface area contributed by atoms with Gasteiger partial charge in [-0.05, 0) is 68.4 Å². The Hall–Kier alpha value is -1.74. The number of hydrogen-bond acceptors (Lipinski definition) is 5. The molecule has 0 bridgehead atoms. The van der Waals surface area contributed by atoms with Gasteiger partial charge in [0.25, 0.3) is 0 Å². The predicted molar refractivity (Wildman–Crippen MR) is 116 cm³/mol. The minimum Gasteiger partial charge on any atom is -0.367 e. The molecule has 156 valence electrons. The van der Waals surface area contributed by atoms with E-state index in [9.17, 15) is 13.2 Å². The first-order chi connectivity index (χ1) is 13.8. The van der Waals surface area contributed by atoms with Crippen molar-refractivity contribution < 1.29 is 17.9 Å². The smallest absolute Gasteiger partial charge is 0.250 e. The standard InChI is InChI=1S/C21H25BrN2O4S/c1-24(2)12-16-11-18(6-9-20(16)29(26,27)19-7-8-19)23-21(25)14-28-13-15-4-3-5-17(22)10-15/h3-6,9-11,19H,7-8,12-14H2,1-2H3,(H,23,25). The zero-order chi connectivity index (χ0) is 21.0. The predicted octanol–water partition coefficient (Wildman–Crippen LogP) is 3.60. The Morgan fingerprint density at radius 1 is 1.21 bits per heavy atom. The van der Waals surface area contributed by atoms with Gasteiger partial charge in [-0.3, -0.25) is 4.79 Å². The van der Waals surface area contributed by atoms with Crippen LogP contribution in [0.1, 0.15) is 24.0 Å². The molecular weight excluding hydrogens is 456 g/mol. The molecule has 29 heavy (non-hydrogen) atoms. The molecule has 0 atom stereocenters. The Balaban J connectivity index is 1.64. The summed E-state index contributed by atoms with van der Waals surface area (Å²) in [6.45, 7) is 0.722. The maximum absolute atomic E-state index is 12.7. The molecule has 0 spiro atoms. The summed E-state index contributed by atoms with van der Waals surface area (Å²) in [5.74, 6) is -0.284. The fourth-order valence-electron chi connectivity index (χ4n) is 3.04. The van der Waals surface area contributed by atoms with Crippen LogP contribution in [0.15, 0.2) is 51.8 Å². The van der Waals surface area contributed by atoms with Crippen molar-refractivity contribution >= 4 is 37.4 Å². The summed E-state index contributed by atoms with van der Waals surface area (Å²) in [6, 6.07) is 12.7. The van der Waals surface area contributed by atoms with E-state index in [0.717, 1.165) is 22.9 Å². The van der Waals surface area contributed by atoms with Gasteiger partial charge in [0.2, 0.25) is 5.91 Å². The van der Waals surface area contributed by atoms with Crippen LogP contribution < -0.4 is 5.32 Å². The molecule has 0 heterocycles. The molecule has 1 amide bonds. The highest BCUT2D eigenvalue weighted by atomic mass is 79.9. The van der Waals surface area contributed by atoms with E-state index in [2.05, 4.69) is 21.2 Å². The van der Waals surface area contributed by atoms with E-state index in [1.165, 1.54) is 0 Å². The Morgan fingerprint density at radius 3 is 2.62 bits per heavy atom. The Bertz CT molecular complexity index is 988. The molecule has 0 saturated heterocycles. The van der Waals surface area contributed by atoms with Gasteiger partial charge < -0.3 is 15.0 Å². The molecule has 0 aliphatic heterocycles. The summed E-state index contributed by atoms with van der Waals surface area (Å²) >= 11 is 3.40. The molecule has 2 aromatic rings. The van der Waals surface area contributed by atoms with Gasteiger partial charge in [-0.2, -0.15) is 0 Å². The number of carbonyl (C=O) groups is 1. The van der Waals surface area contributed by atoms with Crippen molar-refractivity contribution in [3.63, 3.8) is 0 Å². The number of nitrogens with one attached hydrogen (secondary N) is 1. The molecule has 0 aromatic heterocycles. The van der Waals surface area contributed by atoms with Crippen LogP contribution in [0.4, 0.5) is 5.69 Å². The van der Waals surface area contributed by atoms with E-state index in [4.69, 9.17) is 4.74 Å². The van der Waals surface area contributed by atoms with Crippen molar-refractivity contribution in [3.8, 4) is 0 Å². The van der Waals surface area contributed by atoms with E-state index in [0.29, 0.717) is 29.3 Å². The zero-order valence-corrected chi connectivity index (χ0v) is 18.9. The Labute approximate surface area is 180 Å². The summed E-state index contributed by atoms with van der Waals surface area (Å²) in [7, 11) is 0.463. The van der Waals surface area contributed by atoms with E-state index in [1.54, 1.807) is 18.2 Å². The number of rotatable bonds is 9. The normalized spacial score (nSPS) is 14.2. The molecule has 8 heteroatoms. The second-order valence-electron chi connectivity index (χ2n) is 7.48. The van der Waals surface area contributed by atoms with Crippen LogP contribution in [-0.2, 0) is 32.5 Å². The van der Waals surface area contributed by atoms with Crippen molar-refractivity contribution in [3.05, 3.63) is 58.1 Å². The number of hydrogen-bond donors (Lipinski definition) is 1. The minimum atomic E-state index is -3.30. The third-order valence-electron chi connectivity index (χ3n) is 4.49. The van der Waals surface area contributed by atoms with Gasteiger partial charge in [-0.15, -0.1) is 0 Å². The summed E-state index contributed by atoms with van der Waals surface area (Å²) in [5.41, 5.74) is 2.22. The lowest BCUT2D eigenvalue weighted by molar-refractivity contribution is -0.121. The first-order valence-corrected chi connectivity index (χ1v) is 11.7. The number of nitrogens with zero attached hydrogens (tertiary/aromatic N) is 1. The highest BCUT2D eigenvalue weighted by Crippen LogP contribution is 2.35. The van der Waals surface area contributed by atoms with Crippen molar-refractivity contribution in [1.82, 2.24) is 4.90 Å². The first kappa shape index (κ1) is 22.0. The molecule has 1 saturated carbocycles. The number of amides is 1. The van der Waals surface area contributed by atoms with Crippen LogP contribution in [0.25, 0.3) is 0 Å². The summed E-state index contributed by atoms with van der Waals surface area (Å²) in [5, 5.41) is 2.52. The monoisotopic (exact) mass is 480 g/mol. The molecule has 6 nitrogen and oxygen atoms in total. The molecule has 1 N–H and O–H groups in total. The quantitative estimate of drug-likeness (QED) is 0.593. The van der Waals surface area contributed by atoms with Crippen molar-refractivity contribution in [2.45, 2.75) is 36.1 Å². The fraction of sp³-hybridized carbons (Fsp3) is 0.381. The third kappa shape index (κ3) is 6.12. The topological polar surface area (TPSA) is 75.7 Å².